The van der Waals surface area contributed by atoms with E-state index in [0.717, 1.165) is 24.3 Å². The van der Waals surface area contributed by atoms with E-state index in [1.807, 2.05) is 60.7 Å². The molecule has 122 valence electrons. The van der Waals surface area contributed by atoms with Gasteiger partial charge >= 0.3 is 0 Å². The Bertz CT molecular complexity index is 697. The standard InChI is InChI=1S/C15H10ClN3.C4H8O/c16-15-18-13(11-7-3-1-4-8-11)17-14(19-15)12-9-5-2-6-10-12;1-2-4-5-3-1/h1-10H;1-4H2. The summed E-state index contributed by atoms with van der Waals surface area (Å²) in [4.78, 5) is 12.8. The van der Waals surface area contributed by atoms with Crippen molar-refractivity contribution in [3.8, 4) is 22.8 Å². The quantitative estimate of drug-likeness (QED) is 0.681. The highest BCUT2D eigenvalue weighted by atomic mass is 35.5. The molecule has 1 aromatic heterocycles. The predicted molar refractivity (Wildman–Crippen MR) is 95.8 cm³/mol. The highest BCUT2D eigenvalue weighted by molar-refractivity contribution is 6.28. The molecule has 1 aliphatic heterocycles. The van der Waals surface area contributed by atoms with E-state index in [1.54, 1.807) is 0 Å². The minimum absolute atomic E-state index is 0.202. The molecule has 0 aliphatic carbocycles. The molecule has 0 bridgehead atoms. The normalized spacial score (nSPS) is 13.2. The molecule has 24 heavy (non-hydrogen) atoms. The summed E-state index contributed by atoms with van der Waals surface area (Å²) in [7, 11) is 0. The summed E-state index contributed by atoms with van der Waals surface area (Å²) in [6, 6.07) is 19.4. The molecule has 1 aliphatic rings. The van der Waals surface area contributed by atoms with Crippen LogP contribution in [0.5, 0.6) is 0 Å². The fourth-order valence-corrected chi connectivity index (χ4v) is 2.45. The SMILES string of the molecule is C1CCOC1.Clc1nc(-c2ccccc2)nc(-c2ccccc2)n1. The van der Waals surface area contributed by atoms with Crippen LogP contribution >= 0.6 is 11.6 Å². The lowest BCUT2D eigenvalue weighted by molar-refractivity contribution is 0.198. The lowest BCUT2D eigenvalue weighted by atomic mass is 10.2. The number of aromatic nitrogens is 3. The zero-order valence-electron chi connectivity index (χ0n) is 13.2. The second-order valence-corrected chi connectivity index (χ2v) is 5.64. The molecule has 2 heterocycles. The first-order valence-corrected chi connectivity index (χ1v) is 8.31. The van der Waals surface area contributed by atoms with Gasteiger partial charge < -0.3 is 4.74 Å². The lowest BCUT2D eigenvalue weighted by Gasteiger charge is -2.04. The van der Waals surface area contributed by atoms with Crippen LogP contribution in [0.3, 0.4) is 0 Å². The third-order valence-electron chi connectivity index (χ3n) is 3.50. The van der Waals surface area contributed by atoms with E-state index >= 15 is 0 Å². The minimum Gasteiger partial charge on any atom is -0.381 e. The molecule has 0 saturated carbocycles. The van der Waals surface area contributed by atoms with Gasteiger partial charge in [0.25, 0.3) is 0 Å². The van der Waals surface area contributed by atoms with E-state index in [-0.39, 0.29) is 5.28 Å². The smallest absolute Gasteiger partial charge is 0.226 e. The third-order valence-corrected chi connectivity index (χ3v) is 3.67. The van der Waals surface area contributed by atoms with E-state index in [0.29, 0.717) is 11.6 Å². The lowest BCUT2D eigenvalue weighted by Crippen LogP contribution is -1.96. The second kappa shape index (κ2) is 8.52. The maximum absolute atomic E-state index is 5.99. The van der Waals surface area contributed by atoms with Crippen LogP contribution in [0.1, 0.15) is 12.8 Å². The van der Waals surface area contributed by atoms with Crippen LogP contribution in [-0.4, -0.2) is 28.2 Å². The van der Waals surface area contributed by atoms with Gasteiger partial charge in [-0.25, -0.2) is 4.98 Å². The van der Waals surface area contributed by atoms with Gasteiger partial charge in [0, 0.05) is 24.3 Å². The van der Waals surface area contributed by atoms with Crippen molar-refractivity contribution in [1.82, 2.24) is 15.0 Å². The number of benzene rings is 2. The summed E-state index contributed by atoms with van der Waals surface area (Å²) in [6.45, 7) is 2.00. The monoisotopic (exact) mass is 339 g/mol. The molecule has 0 radical (unpaired) electrons. The zero-order valence-corrected chi connectivity index (χ0v) is 14.0. The van der Waals surface area contributed by atoms with Crippen LogP contribution in [0.15, 0.2) is 60.7 Å². The first-order chi connectivity index (χ1) is 11.8. The molecule has 1 saturated heterocycles. The van der Waals surface area contributed by atoms with Crippen molar-refractivity contribution in [1.29, 1.82) is 0 Å². The summed E-state index contributed by atoms with van der Waals surface area (Å²) in [5.41, 5.74) is 1.84. The van der Waals surface area contributed by atoms with Crippen molar-refractivity contribution in [2.24, 2.45) is 0 Å². The molecule has 0 atom stereocenters. The maximum atomic E-state index is 5.99. The zero-order chi connectivity index (χ0) is 16.6. The van der Waals surface area contributed by atoms with Crippen molar-refractivity contribution < 1.29 is 4.74 Å². The fraction of sp³-hybridized carbons (Fsp3) is 0.211. The van der Waals surface area contributed by atoms with Crippen molar-refractivity contribution in [2.45, 2.75) is 12.8 Å². The predicted octanol–water partition coefficient (Wildman–Crippen LogP) is 4.66. The number of ether oxygens (including phenoxy) is 1. The van der Waals surface area contributed by atoms with Gasteiger partial charge in [0.2, 0.25) is 5.28 Å². The Hall–Kier alpha value is -2.30. The van der Waals surface area contributed by atoms with Gasteiger partial charge in [0.15, 0.2) is 11.6 Å². The Kier molecular flexibility index (Phi) is 5.88. The molecule has 0 amide bonds. The number of hydrogen-bond acceptors (Lipinski definition) is 4. The molecule has 4 nitrogen and oxygen atoms in total. The molecular weight excluding hydrogens is 322 g/mol. The Morgan fingerprint density at radius 1 is 0.667 bits per heavy atom. The van der Waals surface area contributed by atoms with Gasteiger partial charge in [-0.2, -0.15) is 9.97 Å². The molecule has 0 unspecified atom stereocenters. The molecule has 2 aromatic carbocycles. The van der Waals surface area contributed by atoms with Crippen molar-refractivity contribution in [3.63, 3.8) is 0 Å². The first-order valence-electron chi connectivity index (χ1n) is 7.93. The van der Waals surface area contributed by atoms with Crippen LogP contribution in [0.2, 0.25) is 5.28 Å². The largest absolute Gasteiger partial charge is 0.381 e. The summed E-state index contributed by atoms with van der Waals surface area (Å²) in [5.74, 6) is 1.17. The van der Waals surface area contributed by atoms with E-state index in [2.05, 4.69) is 15.0 Å². The van der Waals surface area contributed by atoms with Crippen LogP contribution in [-0.2, 0) is 4.74 Å². The average molecular weight is 340 g/mol. The summed E-state index contributed by atoms with van der Waals surface area (Å²) >= 11 is 5.99. The Morgan fingerprint density at radius 2 is 1.12 bits per heavy atom. The topological polar surface area (TPSA) is 47.9 Å². The van der Waals surface area contributed by atoms with E-state index in [1.165, 1.54) is 12.8 Å². The Balaban J connectivity index is 0.000000290. The summed E-state index contributed by atoms with van der Waals surface area (Å²) in [6.07, 6.45) is 2.56. The minimum atomic E-state index is 0.202. The number of nitrogens with zero attached hydrogens (tertiary/aromatic N) is 3. The molecule has 0 spiro atoms. The fourth-order valence-electron chi connectivity index (χ4n) is 2.29. The maximum Gasteiger partial charge on any atom is 0.226 e. The number of rotatable bonds is 2. The average Bonchev–Trinajstić information content (AvgIpc) is 3.23. The van der Waals surface area contributed by atoms with Gasteiger partial charge in [0.05, 0.1) is 0 Å². The van der Waals surface area contributed by atoms with Crippen molar-refractivity contribution in [3.05, 3.63) is 65.9 Å². The third kappa shape index (κ3) is 4.60. The summed E-state index contributed by atoms with van der Waals surface area (Å²) in [5, 5.41) is 0.202. The van der Waals surface area contributed by atoms with Gasteiger partial charge in [-0.05, 0) is 24.4 Å². The number of hydrogen-bond donors (Lipinski definition) is 0. The molecule has 5 heteroatoms. The Morgan fingerprint density at radius 3 is 1.50 bits per heavy atom. The van der Waals surface area contributed by atoms with E-state index in [9.17, 15) is 0 Å². The van der Waals surface area contributed by atoms with Crippen LogP contribution in [0, 0.1) is 0 Å². The van der Waals surface area contributed by atoms with E-state index in [4.69, 9.17) is 16.3 Å². The highest BCUT2D eigenvalue weighted by Crippen LogP contribution is 2.21. The molecule has 1 fully saturated rings. The molecule has 0 N–H and O–H groups in total. The molecule has 4 rings (SSSR count). The van der Waals surface area contributed by atoms with Gasteiger partial charge in [-0.3, -0.25) is 0 Å². The van der Waals surface area contributed by atoms with Gasteiger partial charge in [-0.15, -0.1) is 0 Å². The second-order valence-electron chi connectivity index (χ2n) is 5.30. The molecular formula is C19H18ClN3O. The van der Waals surface area contributed by atoms with Crippen LogP contribution in [0.25, 0.3) is 22.8 Å². The highest BCUT2D eigenvalue weighted by Gasteiger charge is 2.08. The summed E-state index contributed by atoms with van der Waals surface area (Å²) < 4.78 is 4.94. The number of halogens is 1. The first kappa shape index (κ1) is 16.6. The van der Waals surface area contributed by atoms with Crippen molar-refractivity contribution >= 4 is 11.6 Å². The van der Waals surface area contributed by atoms with Gasteiger partial charge in [0.1, 0.15) is 0 Å². The molecule has 3 aromatic rings. The van der Waals surface area contributed by atoms with Crippen LogP contribution < -0.4 is 0 Å². The van der Waals surface area contributed by atoms with Crippen molar-refractivity contribution in [2.75, 3.05) is 13.2 Å². The van der Waals surface area contributed by atoms with E-state index < -0.39 is 0 Å². The van der Waals surface area contributed by atoms with Gasteiger partial charge in [-0.1, -0.05) is 60.7 Å². The Labute approximate surface area is 146 Å². The van der Waals surface area contributed by atoms with Crippen LogP contribution in [0.4, 0.5) is 0 Å².